The van der Waals surface area contributed by atoms with Gasteiger partial charge in [-0.2, -0.15) is 0 Å². The van der Waals surface area contributed by atoms with Crippen molar-refractivity contribution >= 4 is 17.7 Å². The van der Waals surface area contributed by atoms with Gasteiger partial charge in [-0.05, 0) is 31.4 Å². The highest BCUT2D eigenvalue weighted by molar-refractivity contribution is 6.21. The Morgan fingerprint density at radius 3 is 2.50 bits per heavy atom. The zero-order valence-corrected chi connectivity index (χ0v) is 15.2. The van der Waals surface area contributed by atoms with Crippen LogP contribution in [0, 0.1) is 0 Å². The van der Waals surface area contributed by atoms with Gasteiger partial charge in [0.15, 0.2) is 11.5 Å². The summed E-state index contributed by atoms with van der Waals surface area (Å²) in [5, 5.41) is 2.75. The van der Waals surface area contributed by atoms with Crippen LogP contribution in [0.2, 0.25) is 0 Å². The molecule has 0 aromatic heterocycles. The number of benzene rings is 1. The molecule has 1 aliphatic carbocycles. The van der Waals surface area contributed by atoms with Gasteiger partial charge in [0.25, 0.3) is 0 Å². The van der Waals surface area contributed by atoms with E-state index in [1.165, 1.54) is 13.2 Å². The second-order valence-corrected chi connectivity index (χ2v) is 6.04. The molecule has 0 radical (unpaired) electrons. The van der Waals surface area contributed by atoms with Crippen molar-refractivity contribution in [3.63, 3.8) is 0 Å². The smallest absolute Gasteiger partial charge is 0.407 e. The number of methoxy groups -OCH3 is 1. The summed E-state index contributed by atoms with van der Waals surface area (Å²) in [6.45, 7) is 3.62. The minimum atomic E-state index is -0.555. The van der Waals surface area contributed by atoms with Crippen molar-refractivity contribution < 1.29 is 23.9 Å². The summed E-state index contributed by atoms with van der Waals surface area (Å²) < 4.78 is 10.2. The lowest BCUT2D eigenvalue weighted by atomic mass is 9.90. The topological polar surface area (TPSA) is 81.7 Å². The Morgan fingerprint density at radius 1 is 1.19 bits per heavy atom. The van der Waals surface area contributed by atoms with Crippen LogP contribution in [0.3, 0.4) is 0 Å². The quantitative estimate of drug-likeness (QED) is 0.759. The van der Waals surface area contributed by atoms with Gasteiger partial charge in [-0.1, -0.05) is 37.3 Å². The Kier molecular flexibility index (Phi) is 6.72. The van der Waals surface area contributed by atoms with Crippen molar-refractivity contribution in [2.45, 2.75) is 39.3 Å². The van der Waals surface area contributed by atoms with E-state index in [9.17, 15) is 14.4 Å². The Balaban J connectivity index is 1.94. The molecule has 1 N–H and O–H groups in total. The van der Waals surface area contributed by atoms with Crippen LogP contribution in [0.4, 0.5) is 4.79 Å². The lowest BCUT2D eigenvalue weighted by molar-refractivity contribution is -0.118. The van der Waals surface area contributed by atoms with Crippen LogP contribution in [0.15, 0.2) is 53.3 Å². The van der Waals surface area contributed by atoms with Crippen LogP contribution in [-0.2, 0) is 25.7 Å². The molecule has 1 atom stereocenters. The predicted octanol–water partition coefficient (Wildman–Crippen LogP) is 3.08. The number of rotatable bonds is 7. The molecule has 0 bridgehead atoms. The van der Waals surface area contributed by atoms with Crippen molar-refractivity contribution in [2.24, 2.45) is 0 Å². The second kappa shape index (κ2) is 8.99. The number of nitrogens with one attached hydrogen (secondary N) is 1. The largest absolute Gasteiger partial charge is 0.492 e. The fourth-order valence-corrected chi connectivity index (χ4v) is 2.72. The van der Waals surface area contributed by atoms with E-state index in [0.29, 0.717) is 12.0 Å². The minimum absolute atomic E-state index is 0.0713. The van der Waals surface area contributed by atoms with Crippen LogP contribution in [-0.4, -0.2) is 30.8 Å². The Hall–Kier alpha value is -2.89. The molecule has 0 saturated heterocycles. The van der Waals surface area contributed by atoms with Crippen LogP contribution >= 0.6 is 0 Å². The Bertz CT molecular complexity index is 749. The van der Waals surface area contributed by atoms with E-state index in [4.69, 9.17) is 9.47 Å². The maximum Gasteiger partial charge on any atom is 0.407 e. The van der Waals surface area contributed by atoms with E-state index in [1.54, 1.807) is 6.92 Å². The van der Waals surface area contributed by atoms with Crippen LogP contribution in [0.5, 0.6) is 0 Å². The highest BCUT2D eigenvalue weighted by atomic mass is 16.5. The number of allylic oxidation sites excluding steroid dienone is 2. The molecular formula is C20H23NO5. The fraction of sp³-hybridized carbons (Fsp3) is 0.350. The van der Waals surface area contributed by atoms with E-state index in [2.05, 4.69) is 5.32 Å². The van der Waals surface area contributed by atoms with Crippen molar-refractivity contribution in [3.8, 4) is 0 Å². The fourth-order valence-electron chi connectivity index (χ4n) is 2.72. The number of amides is 1. The summed E-state index contributed by atoms with van der Waals surface area (Å²) in [5.41, 5.74) is 1.54. The molecular weight excluding hydrogens is 334 g/mol. The predicted molar refractivity (Wildman–Crippen MR) is 96.3 cm³/mol. The molecule has 6 heteroatoms. The molecule has 6 nitrogen and oxygen atoms in total. The summed E-state index contributed by atoms with van der Waals surface area (Å²) >= 11 is 0. The average molecular weight is 357 g/mol. The van der Waals surface area contributed by atoms with E-state index >= 15 is 0 Å². The van der Waals surface area contributed by atoms with Gasteiger partial charge in [0.2, 0.25) is 5.78 Å². The zero-order valence-electron chi connectivity index (χ0n) is 15.2. The first kappa shape index (κ1) is 19.4. The summed E-state index contributed by atoms with van der Waals surface area (Å²) in [6, 6.07) is 9.05. The SMILES string of the molecule is CC[C@H](CC1=CC(=O)C(OC)=C(C)C1=O)NC(=O)OCc1ccccc1. The van der Waals surface area contributed by atoms with E-state index < -0.39 is 6.09 Å². The maximum atomic E-state index is 12.4. The zero-order chi connectivity index (χ0) is 19.1. The number of ketones is 2. The molecule has 1 amide bonds. The van der Waals surface area contributed by atoms with Gasteiger partial charge in [0, 0.05) is 17.2 Å². The third-order valence-corrected chi connectivity index (χ3v) is 4.20. The highest BCUT2D eigenvalue weighted by Gasteiger charge is 2.28. The van der Waals surface area contributed by atoms with Crippen LogP contribution < -0.4 is 5.32 Å². The van der Waals surface area contributed by atoms with Gasteiger partial charge in [0.1, 0.15) is 6.61 Å². The van der Waals surface area contributed by atoms with Gasteiger partial charge < -0.3 is 14.8 Å². The van der Waals surface area contributed by atoms with Gasteiger partial charge in [-0.3, -0.25) is 9.59 Å². The molecule has 26 heavy (non-hydrogen) atoms. The minimum Gasteiger partial charge on any atom is -0.492 e. The average Bonchev–Trinajstić information content (AvgIpc) is 2.64. The molecule has 0 heterocycles. The molecule has 0 fully saturated rings. The van der Waals surface area contributed by atoms with E-state index in [-0.39, 0.29) is 42.0 Å². The first-order chi connectivity index (χ1) is 12.5. The third-order valence-electron chi connectivity index (χ3n) is 4.20. The van der Waals surface area contributed by atoms with Crippen LogP contribution in [0.25, 0.3) is 0 Å². The number of alkyl carbamates (subject to hydrolysis) is 1. The molecule has 1 aromatic carbocycles. The van der Waals surface area contributed by atoms with Gasteiger partial charge in [-0.25, -0.2) is 4.79 Å². The Morgan fingerprint density at radius 2 is 1.88 bits per heavy atom. The number of carbonyl (C=O) groups is 3. The monoisotopic (exact) mass is 357 g/mol. The number of hydrogen-bond donors (Lipinski definition) is 1. The van der Waals surface area contributed by atoms with E-state index in [0.717, 1.165) is 5.56 Å². The summed E-state index contributed by atoms with van der Waals surface area (Å²) in [5.74, 6) is -0.498. The molecule has 0 unspecified atom stereocenters. The molecule has 2 rings (SSSR count). The standard InChI is InChI=1S/C20H23NO5/c1-4-16(21-20(24)26-12-14-8-6-5-7-9-14)10-15-11-17(22)19(25-3)13(2)18(15)23/h5-9,11,16H,4,10,12H2,1-3H3,(H,21,24)/t16-/m1/s1. The van der Waals surface area contributed by atoms with Crippen molar-refractivity contribution in [1.82, 2.24) is 5.32 Å². The summed E-state index contributed by atoms with van der Waals surface area (Å²) in [4.78, 5) is 36.4. The second-order valence-electron chi connectivity index (χ2n) is 6.04. The first-order valence-corrected chi connectivity index (χ1v) is 8.47. The van der Waals surface area contributed by atoms with Crippen molar-refractivity contribution in [3.05, 3.63) is 58.9 Å². The summed E-state index contributed by atoms with van der Waals surface area (Å²) in [7, 11) is 1.36. The number of Topliss-reactive ketones (excluding diaryl/α,β-unsaturated/α-hetero) is 1. The molecule has 1 aliphatic rings. The lowest BCUT2D eigenvalue weighted by Crippen LogP contribution is -2.36. The maximum absolute atomic E-state index is 12.4. The van der Waals surface area contributed by atoms with Gasteiger partial charge in [-0.15, -0.1) is 0 Å². The van der Waals surface area contributed by atoms with Gasteiger partial charge in [0.05, 0.1) is 7.11 Å². The van der Waals surface area contributed by atoms with E-state index in [1.807, 2.05) is 37.3 Å². The highest BCUT2D eigenvalue weighted by Crippen LogP contribution is 2.23. The lowest BCUT2D eigenvalue weighted by Gasteiger charge is -2.21. The third kappa shape index (κ3) is 4.81. The van der Waals surface area contributed by atoms with Crippen molar-refractivity contribution in [2.75, 3.05) is 7.11 Å². The summed E-state index contributed by atoms with van der Waals surface area (Å²) in [6.07, 6.45) is 1.59. The number of hydrogen-bond acceptors (Lipinski definition) is 5. The molecule has 138 valence electrons. The first-order valence-electron chi connectivity index (χ1n) is 8.47. The number of ether oxygens (including phenoxy) is 2. The molecule has 0 spiro atoms. The Labute approximate surface area is 152 Å². The van der Waals surface area contributed by atoms with Crippen molar-refractivity contribution in [1.29, 1.82) is 0 Å². The molecule has 0 saturated carbocycles. The molecule has 1 aromatic rings. The van der Waals surface area contributed by atoms with Crippen LogP contribution in [0.1, 0.15) is 32.3 Å². The number of carbonyl (C=O) groups excluding carboxylic acids is 3. The normalized spacial score (nSPS) is 15.4. The molecule has 0 aliphatic heterocycles. The van der Waals surface area contributed by atoms with Gasteiger partial charge >= 0.3 is 6.09 Å².